The Morgan fingerprint density at radius 2 is 2.50 bits per heavy atom. The molecule has 0 bridgehead atoms. The Bertz CT molecular complexity index is 231. The van der Waals surface area contributed by atoms with Crippen LogP contribution < -0.4 is 0 Å². The van der Waals surface area contributed by atoms with Gasteiger partial charge in [0.2, 0.25) is 0 Å². The first-order valence-corrected chi connectivity index (χ1v) is 2.80. The van der Waals surface area contributed by atoms with Crippen LogP contribution in [0.25, 0.3) is 0 Å². The maximum atomic E-state index is 7.41. The van der Waals surface area contributed by atoms with Crippen LogP contribution in [0.2, 0.25) is 0 Å². The molecule has 0 aromatic heterocycles. The lowest BCUT2D eigenvalue weighted by atomic mass is 10.2. The molecule has 42 valence electrons. The highest BCUT2D eigenvalue weighted by molar-refractivity contribution is 5.13. The molecule has 0 nitrogen and oxygen atoms in total. The van der Waals surface area contributed by atoms with Crippen LogP contribution in [0.5, 0.6) is 0 Å². The van der Waals surface area contributed by atoms with Gasteiger partial charge in [0, 0.05) is 0 Å². The highest BCUT2D eigenvalue weighted by atomic mass is 13.9. The van der Waals surface area contributed by atoms with Gasteiger partial charge in [-0.05, 0) is 12.0 Å². The molecule has 1 aromatic carbocycles. The smallest absolute Gasteiger partial charge is 0.0622 e. The second kappa shape index (κ2) is 2.51. The van der Waals surface area contributed by atoms with Crippen LogP contribution in [-0.2, 0) is 6.42 Å². The lowest BCUT2D eigenvalue weighted by molar-refractivity contribution is 1.14. The maximum Gasteiger partial charge on any atom is 0.0626 e. The van der Waals surface area contributed by atoms with Gasteiger partial charge in [-0.15, -0.1) is 0 Å². The standard InChI is InChI=1S/C8H10/c1-2-8-6-4-3-5-7-8/h3-7H,2H2,1H3/i4D,6D. The van der Waals surface area contributed by atoms with Gasteiger partial charge in [0.25, 0.3) is 0 Å². The highest BCUT2D eigenvalue weighted by Crippen LogP contribution is 1.96. The molecule has 1 rings (SSSR count). The lowest BCUT2D eigenvalue weighted by Gasteiger charge is -1.89. The first kappa shape index (κ1) is 3.29. The van der Waals surface area contributed by atoms with Crippen molar-refractivity contribution < 1.29 is 2.74 Å². The molecule has 1 aromatic rings. The molecule has 0 aliphatic heterocycles. The van der Waals surface area contributed by atoms with E-state index < -0.39 is 0 Å². The molecule has 0 unspecified atom stereocenters. The van der Waals surface area contributed by atoms with E-state index in [4.69, 9.17) is 2.74 Å². The zero-order valence-corrected chi connectivity index (χ0v) is 4.94. The van der Waals surface area contributed by atoms with Crippen molar-refractivity contribution in [2.45, 2.75) is 13.3 Å². The fourth-order valence-electron chi connectivity index (χ4n) is 0.595. The number of aryl methyl sites for hydroxylation is 1. The first-order valence-electron chi connectivity index (χ1n) is 3.80. The second-order valence-corrected chi connectivity index (χ2v) is 1.67. The van der Waals surface area contributed by atoms with Gasteiger partial charge in [-0.3, -0.25) is 0 Å². The third-order valence-electron chi connectivity index (χ3n) is 1.09. The van der Waals surface area contributed by atoms with Crippen molar-refractivity contribution in [2.24, 2.45) is 0 Å². The molecular weight excluding hydrogens is 96.1 g/mol. The van der Waals surface area contributed by atoms with E-state index >= 15 is 0 Å². The van der Waals surface area contributed by atoms with E-state index in [1.807, 2.05) is 19.1 Å². The van der Waals surface area contributed by atoms with Crippen molar-refractivity contribution in [2.75, 3.05) is 0 Å². The summed E-state index contributed by atoms with van der Waals surface area (Å²) in [6.45, 7) is 1.99. The predicted octanol–water partition coefficient (Wildman–Crippen LogP) is 2.25. The number of rotatable bonds is 1. The fourth-order valence-corrected chi connectivity index (χ4v) is 0.595. The van der Waals surface area contributed by atoms with Crippen molar-refractivity contribution in [1.29, 1.82) is 0 Å². The van der Waals surface area contributed by atoms with Crippen molar-refractivity contribution in [1.82, 2.24) is 0 Å². The summed E-state index contributed by atoms with van der Waals surface area (Å²) < 4.78 is 14.7. The maximum absolute atomic E-state index is 7.41. The highest BCUT2D eigenvalue weighted by Gasteiger charge is 1.79. The molecule has 0 aliphatic rings. The second-order valence-electron chi connectivity index (χ2n) is 1.67. The Labute approximate surface area is 53.0 Å². The first-order chi connectivity index (χ1) is 4.75. The molecule has 0 spiro atoms. The van der Waals surface area contributed by atoms with Crippen LogP contribution in [0.4, 0.5) is 0 Å². The van der Waals surface area contributed by atoms with Gasteiger partial charge in [-0.25, -0.2) is 0 Å². The van der Waals surface area contributed by atoms with E-state index in [0.717, 1.165) is 12.0 Å². The fraction of sp³-hybridized carbons (Fsp3) is 0.250. The van der Waals surface area contributed by atoms with Gasteiger partial charge < -0.3 is 0 Å². The summed E-state index contributed by atoms with van der Waals surface area (Å²) >= 11 is 0. The van der Waals surface area contributed by atoms with Crippen LogP contribution in [0.15, 0.2) is 30.3 Å². The molecule has 0 N–H and O–H groups in total. The quantitative estimate of drug-likeness (QED) is 0.517. The number of benzene rings is 1. The Morgan fingerprint density at radius 3 is 3.12 bits per heavy atom. The van der Waals surface area contributed by atoms with Crippen molar-refractivity contribution in [3.05, 3.63) is 35.8 Å². The summed E-state index contributed by atoms with van der Waals surface area (Å²) in [5, 5.41) is 0. The van der Waals surface area contributed by atoms with Gasteiger partial charge in [0.15, 0.2) is 0 Å². The monoisotopic (exact) mass is 108 g/mol. The largest absolute Gasteiger partial charge is 0.0626 e. The molecule has 0 saturated heterocycles. The molecule has 0 heteroatoms. The van der Waals surface area contributed by atoms with Crippen LogP contribution in [0.3, 0.4) is 0 Å². The van der Waals surface area contributed by atoms with Crippen molar-refractivity contribution in [3.63, 3.8) is 0 Å². The van der Waals surface area contributed by atoms with E-state index in [2.05, 4.69) is 0 Å². The Kier molecular flexibility index (Phi) is 1.03. The summed E-state index contributed by atoms with van der Waals surface area (Å²) in [6.07, 6.45) is 0.839. The zero-order chi connectivity index (χ0) is 7.56. The molecule has 0 heterocycles. The Hall–Kier alpha value is -0.780. The third kappa shape index (κ3) is 1.09. The number of hydrogen-bond acceptors (Lipinski definition) is 0. The van der Waals surface area contributed by atoms with Crippen LogP contribution in [-0.4, -0.2) is 0 Å². The van der Waals surface area contributed by atoms with Crippen LogP contribution in [0, 0.1) is 0 Å². The average Bonchev–Trinajstić information content (AvgIpc) is 1.95. The van der Waals surface area contributed by atoms with Gasteiger partial charge in [-0.2, -0.15) is 0 Å². The van der Waals surface area contributed by atoms with Crippen molar-refractivity contribution >= 4 is 0 Å². The van der Waals surface area contributed by atoms with Gasteiger partial charge in [0.1, 0.15) is 0 Å². The topological polar surface area (TPSA) is 0 Å². The Morgan fingerprint density at radius 1 is 1.62 bits per heavy atom. The number of hydrogen-bond donors (Lipinski definition) is 0. The summed E-state index contributed by atoms with van der Waals surface area (Å²) in [5.74, 6) is 0. The molecule has 0 aliphatic carbocycles. The van der Waals surface area contributed by atoms with E-state index in [1.54, 1.807) is 6.07 Å². The predicted molar refractivity (Wildman–Crippen MR) is 35.8 cm³/mol. The Balaban J connectivity index is 3.14. The zero-order valence-electron chi connectivity index (χ0n) is 6.94. The molecule has 0 saturated carbocycles. The van der Waals surface area contributed by atoms with E-state index in [0.29, 0.717) is 12.1 Å². The van der Waals surface area contributed by atoms with Gasteiger partial charge in [-0.1, -0.05) is 37.2 Å². The van der Waals surface area contributed by atoms with E-state index in [1.165, 1.54) is 0 Å². The SMILES string of the molecule is [2H]c1cccc(CC)c1[2H]. The van der Waals surface area contributed by atoms with E-state index in [9.17, 15) is 0 Å². The third-order valence-corrected chi connectivity index (χ3v) is 1.09. The molecule has 0 amide bonds. The summed E-state index contributed by atoms with van der Waals surface area (Å²) in [7, 11) is 0. The average molecular weight is 108 g/mol. The molecule has 0 atom stereocenters. The van der Waals surface area contributed by atoms with Gasteiger partial charge in [0.05, 0.1) is 2.74 Å². The molecule has 0 radical (unpaired) electrons. The summed E-state index contributed by atoms with van der Waals surface area (Å²) in [5.41, 5.74) is 0.951. The van der Waals surface area contributed by atoms with Crippen molar-refractivity contribution in [3.8, 4) is 0 Å². The normalized spacial score (nSPS) is 12.6. The van der Waals surface area contributed by atoms with Crippen LogP contribution >= 0.6 is 0 Å². The van der Waals surface area contributed by atoms with E-state index in [-0.39, 0.29) is 0 Å². The lowest BCUT2D eigenvalue weighted by Crippen LogP contribution is -1.73. The molecular formula is C8H10. The van der Waals surface area contributed by atoms with Gasteiger partial charge >= 0.3 is 0 Å². The minimum absolute atomic E-state index is 0.319. The summed E-state index contributed by atoms with van der Waals surface area (Å²) in [4.78, 5) is 0. The molecule has 0 fully saturated rings. The minimum atomic E-state index is 0.319. The molecule has 8 heavy (non-hydrogen) atoms. The minimum Gasteiger partial charge on any atom is -0.0622 e. The summed E-state index contributed by atoms with van der Waals surface area (Å²) in [6, 6.07) is 6.03. The van der Waals surface area contributed by atoms with Crippen LogP contribution in [0.1, 0.15) is 15.2 Å².